The van der Waals surface area contributed by atoms with Crippen LogP contribution in [0, 0.1) is 11.8 Å². The Balaban J connectivity index is 1.93. The minimum absolute atomic E-state index is 0.445. The molecule has 0 saturated heterocycles. The van der Waals surface area contributed by atoms with Crippen molar-refractivity contribution >= 4 is 0 Å². The van der Waals surface area contributed by atoms with Crippen molar-refractivity contribution in [3.63, 3.8) is 0 Å². The first-order valence-corrected chi connectivity index (χ1v) is 4.78. The van der Waals surface area contributed by atoms with Crippen LogP contribution in [0.2, 0.25) is 0 Å². The Morgan fingerprint density at radius 2 is 1.64 bits per heavy atom. The van der Waals surface area contributed by atoms with Gasteiger partial charge in [0.2, 0.25) is 0 Å². The Kier molecular flexibility index (Phi) is 1.90. The summed E-state index contributed by atoms with van der Waals surface area (Å²) in [6.45, 7) is 0. The molecule has 2 rings (SSSR count). The van der Waals surface area contributed by atoms with Gasteiger partial charge in [0.05, 0.1) is 0 Å². The van der Waals surface area contributed by atoms with Crippen molar-refractivity contribution in [3.05, 3.63) is 0 Å². The van der Waals surface area contributed by atoms with Gasteiger partial charge < -0.3 is 11.5 Å². The lowest BCUT2D eigenvalue weighted by Crippen LogP contribution is -2.42. The standard InChI is InChI=1S/C9H18N2/c10-7-3-4-9(11)8(5-7)6-1-2-6/h6-9H,1-5,10-11H2. The fraction of sp³-hybridized carbons (Fsp3) is 1.00. The van der Waals surface area contributed by atoms with E-state index in [9.17, 15) is 0 Å². The van der Waals surface area contributed by atoms with E-state index in [-0.39, 0.29) is 0 Å². The summed E-state index contributed by atoms with van der Waals surface area (Å²) in [5, 5.41) is 0. The Hall–Kier alpha value is -0.0800. The molecular formula is C9H18N2. The van der Waals surface area contributed by atoms with Crippen LogP contribution in [0.4, 0.5) is 0 Å². The van der Waals surface area contributed by atoms with E-state index >= 15 is 0 Å². The van der Waals surface area contributed by atoms with E-state index in [1.54, 1.807) is 0 Å². The molecule has 0 radical (unpaired) electrons. The van der Waals surface area contributed by atoms with Crippen LogP contribution in [0.25, 0.3) is 0 Å². The number of hydrogen-bond acceptors (Lipinski definition) is 2. The van der Waals surface area contributed by atoms with Crippen LogP contribution in [0.5, 0.6) is 0 Å². The molecule has 64 valence electrons. The monoisotopic (exact) mass is 154 g/mol. The molecule has 0 aromatic carbocycles. The first kappa shape index (κ1) is 7.56. The number of rotatable bonds is 1. The van der Waals surface area contributed by atoms with Gasteiger partial charge in [-0.15, -0.1) is 0 Å². The van der Waals surface area contributed by atoms with Gasteiger partial charge in [-0.1, -0.05) is 0 Å². The first-order chi connectivity index (χ1) is 5.27. The molecule has 0 spiro atoms. The van der Waals surface area contributed by atoms with Gasteiger partial charge in [0, 0.05) is 12.1 Å². The summed E-state index contributed by atoms with van der Waals surface area (Å²) in [6.07, 6.45) is 6.30. The lowest BCUT2D eigenvalue weighted by atomic mass is 9.79. The summed E-state index contributed by atoms with van der Waals surface area (Å²) >= 11 is 0. The van der Waals surface area contributed by atoms with E-state index in [0.29, 0.717) is 12.1 Å². The van der Waals surface area contributed by atoms with E-state index in [0.717, 1.165) is 24.7 Å². The fourth-order valence-corrected chi connectivity index (χ4v) is 2.33. The molecule has 0 bridgehead atoms. The topological polar surface area (TPSA) is 52.0 Å². The Labute approximate surface area is 68.3 Å². The van der Waals surface area contributed by atoms with E-state index in [4.69, 9.17) is 11.5 Å². The minimum atomic E-state index is 0.445. The van der Waals surface area contributed by atoms with Gasteiger partial charge in [0.15, 0.2) is 0 Å². The molecule has 3 atom stereocenters. The molecule has 2 aliphatic rings. The predicted molar refractivity (Wildman–Crippen MR) is 46.0 cm³/mol. The van der Waals surface area contributed by atoms with Gasteiger partial charge in [0.25, 0.3) is 0 Å². The van der Waals surface area contributed by atoms with Crippen LogP contribution in [-0.2, 0) is 0 Å². The summed E-state index contributed by atoms with van der Waals surface area (Å²) in [5.74, 6) is 1.70. The average molecular weight is 154 g/mol. The highest BCUT2D eigenvalue weighted by atomic mass is 14.7. The molecular weight excluding hydrogens is 136 g/mol. The van der Waals surface area contributed by atoms with Crippen molar-refractivity contribution in [2.24, 2.45) is 23.3 Å². The predicted octanol–water partition coefficient (Wildman–Crippen LogP) is 0.851. The zero-order valence-electron chi connectivity index (χ0n) is 7.00. The van der Waals surface area contributed by atoms with Gasteiger partial charge in [0.1, 0.15) is 0 Å². The molecule has 4 N–H and O–H groups in total. The second kappa shape index (κ2) is 2.76. The van der Waals surface area contributed by atoms with Crippen molar-refractivity contribution in [1.29, 1.82) is 0 Å². The first-order valence-electron chi connectivity index (χ1n) is 4.78. The van der Waals surface area contributed by atoms with Gasteiger partial charge in [-0.3, -0.25) is 0 Å². The molecule has 2 nitrogen and oxygen atoms in total. The third-order valence-corrected chi connectivity index (χ3v) is 3.22. The average Bonchev–Trinajstić information content (AvgIpc) is 2.76. The second-order valence-electron chi connectivity index (χ2n) is 4.24. The van der Waals surface area contributed by atoms with Crippen molar-refractivity contribution in [2.45, 2.75) is 44.2 Å². The van der Waals surface area contributed by atoms with Crippen LogP contribution in [0.15, 0.2) is 0 Å². The molecule has 0 aliphatic heterocycles. The molecule has 3 unspecified atom stereocenters. The third kappa shape index (κ3) is 1.57. The van der Waals surface area contributed by atoms with Crippen molar-refractivity contribution in [1.82, 2.24) is 0 Å². The van der Waals surface area contributed by atoms with E-state index in [1.807, 2.05) is 0 Å². The van der Waals surface area contributed by atoms with Crippen LogP contribution >= 0.6 is 0 Å². The van der Waals surface area contributed by atoms with Crippen LogP contribution in [0.3, 0.4) is 0 Å². The highest BCUT2D eigenvalue weighted by Crippen LogP contribution is 2.43. The summed E-state index contributed by atoms with van der Waals surface area (Å²) in [6, 6.07) is 0.905. The zero-order chi connectivity index (χ0) is 7.84. The molecule has 0 amide bonds. The maximum atomic E-state index is 6.03. The third-order valence-electron chi connectivity index (χ3n) is 3.22. The smallest absolute Gasteiger partial charge is 0.00709 e. The lowest BCUT2D eigenvalue weighted by molar-refractivity contribution is 0.252. The molecule has 11 heavy (non-hydrogen) atoms. The van der Waals surface area contributed by atoms with Crippen molar-refractivity contribution in [3.8, 4) is 0 Å². The lowest BCUT2D eigenvalue weighted by Gasteiger charge is -2.32. The van der Waals surface area contributed by atoms with Crippen LogP contribution < -0.4 is 11.5 Å². The number of nitrogens with two attached hydrogens (primary N) is 2. The second-order valence-corrected chi connectivity index (χ2v) is 4.24. The van der Waals surface area contributed by atoms with E-state index in [1.165, 1.54) is 19.3 Å². The Bertz CT molecular complexity index is 142. The summed E-state index contributed by atoms with van der Waals surface area (Å²) in [7, 11) is 0. The molecule has 0 heterocycles. The van der Waals surface area contributed by atoms with Gasteiger partial charge in [-0.05, 0) is 43.9 Å². The maximum Gasteiger partial charge on any atom is 0.00709 e. The van der Waals surface area contributed by atoms with E-state index < -0.39 is 0 Å². The summed E-state index contributed by atoms with van der Waals surface area (Å²) in [4.78, 5) is 0. The highest BCUT2D eigenvalue weighted by molar-refractivity contribution is 4.93. The largest absolute Gasteiger partial charge is 0.328 e. The maximum absolute atomic E-state index is 6.03. The zero-order valence-corrected chi connectivity index (χ0v) is 7.00. The van der Waals surface area contributed by atoms with Crippen molar-refractivity contribution < 1.29 is 0 Å². The van der Waals surface area contributed by atoms with Gasteiger partial charge in [-0.2, -0.15) is 0 Å². The molecule has 2 heteroatoms. The highest BCUT2D eigenvalue weighted by Gasteiger charge is 2.37. The molecule has 2 aliphatic carbocycles. The van der Waals surface area contributed by atoms with Crippen LogP contribution in [0.1, 0.15) is 32.1 Å². The fourth-order valence-electron chi connectivity index (χ4n) is 2.33. The Morgan fingerprint density at radius 3 is 2.27 bits per heavy atom. The molecule has 2 saturated carbocycles. The normalized spacial score (nSPS) is 45.8. The summed E-state index contributed by atoms with van der Waals surface area (Å²) in [5.41, 5.74) is 11.9. The molecule has 0 aromatic heterocycles. The molecule has 0 aromatic rings. The molecule has 2 fully saturated rings. The summed E-state index contributed by atoms with van der Waals surface area (Å²) < 4.78 is 0. The van der Waals surface area contributed by atoms with Crippen LogP contribution in [-0.4, -0.2) is 12.1 Å². The van der Waals surface area contributed by atoms with E-state index in [2.05, 4.69) is 0 Å². The quantitative estimate of drug-likeness (QED) is 0.588. The van der Waals surface area contributed by atoms with Gasteiger partial charge >= 0.3 is 0 Å². The number of hydrogen-bond donors (Lipinski definition) is 2. The van der Waals surface area contributed by atoms with Gasteiger partial charge in [-0.25, -0.2) is 0 Å². The van der Waals surface area contributed by atoms with Crippen molar-refractivity contribution in [2.75, 3.05) is 0 Å². The Morgan fingerprint density at radius 1 is 0.909 bits per heavy atom. The minimum Gasteiger partial charge on any atom is -0.328 e. The SMILES string of the molecule is NC1CCC(N)C(C2CC2)C1.